The van der Waals surface area contributed by atoms with Crippen molar-refractivity contribution in [3.8, 4) is 0 Å². The highest BCUT2D eigenvalue weighted by Crippen LogP contribution is 2.32. The van der Waals surface area contributed by atoms with E-state index in [1.54, 1.807) is 48.5 Å². The molecule has 1 rings (SSSR count). The van der Waals surface area contributed by atoms with Crippen LogP contribution in [0.15, 0.2) is 0 Å². The van der Waals surface area contributed by atoms with Crippen molar-refractivity contribution in [3.63, 3.8) is 0 Å². The number of Topliss-reactive ketones (excluding diaryl/α,β-unsaturated/α-hetero) is 1. The van der Waals surface area contributed by atoms with Crippen molar-refractivity contribution in [2.75, 3.05) is 0 Å². The number of aliphatic hydroxyl groups is 4. The van der Waals surface area contributed by atoms with Crippen molar-refractivity contribution in [1.29, 1.82) is 0 Å². The van der Waals surface area contributed by atoms with Gasteiger partial charge < -0.3 is 25.2 Å². The van der Waals surface area contributed by atoms with E-state index in [0.717, 1.165) is 0 Å². The molecule has 0 aromatic heterocycles. The number of aliphatic hydroxyl groups excluding tert-OH is 4. The molecule has 0 amide bonds. The van der Waals surface area contributed by atoms with Crippen LogP contribution in [0, 0.1) is 41.4 Å². The van der Waals surface area contributed by atoms with Gasteiger partial charge in [-0.2, -0.15) is 0 Å². The van der Waals surface area contributed by atoms with E-state index < -0.39 is 66.1 Å². The topological polar surface area (TPSA) is 124 Å². The lowest BCUT2D eigenvalue weighted by atomic mass is 9.76. The van der Waals surface area contributed by atoms with Gasteiger partial charge in [-0.25, -0.2) is 0 Å². The Bertz CT molecular complexity index is 578. The van der Waals surface area contributed by atoms with Crippen molar-refractivity contribution in [3.05, 3.63) is 0 Å². The third-order valence-electron chi connectivity index (χ3n) is 7.30. The van der Waals surface area contributed by atoms with E-state index in [0.29, 0.717) is 6.42 Å². The second kappa shape index (κ2) is 11.0. The zero-order valence-electron chi connectivity index (χ0n) is 19.6. The first-order valence-corrected chi connectivity index (χ1v) is 11.2. The zero-order valence-corrected chi connectivity index (χ0v) is 19.6. The molecule has 0 aromatic rings. The highest BCUT2D eigenvalue weighted by atomic mass is 16.5. The molecule has 12 atom stereocenters. The number of hydrogen-bond acceptors (Lipinski definition) is 7. The van der Waals surface area contributed by atoms with Gasteiger partial charge in [-0.1, -0.05) is 41.5 Å². The van der Waals surface area contributed by atoms with E-state index in [2.05, 4.69) is 0 Å². The molecule has 1 fully saturated rings. The summed E-state index contributed by atoms with van der Waals surface area (Å²) in [6.07, 6.45) is -4.33. The second-order valence-corrected chi connectivity index (χ2v) is 9.78. The molecule has 1 heterocycles. The van der Waals surface area contributed by atoms with Crippen LogP contribution in [0.25, 0.3) is 0 Å². The quantitative estimate of drug-likeness (QED) is 0.492. The highest BCUT2D eigenvalue weighted by molar-refractivity contribution is 5.83. The van der Waals surface area contributed by atoms with Gasteiger partial charge in [0.05, 0.1) is 30.3 Å². The van der Waals surface area contributed by atoms with Crippen molar-refractivity contribution in [1.82, 2.24) is 0 Å². The molecule has 0 radical (unpaired) electrons. The highest BCUT2D eigenvalue weighted by Gasteiger charge is 2.42. The smallest absolute Gasteiger partial charge is 0.311 e. The van der Waals surface area contributed by atoms with Gasteiger partial charge in [0.25, 0.3) is 0 Å². The third kappa shape index (κ3) is 6.02. The minimum Gasteiger partial charge on any atom is -0.461 e. The van der Waals surface area contributed by atoms with E-state index in [1.165, 1.54) is 0 Å². The lowest BCUT2D eigenvalue weighted by Crippen LogP contribution is -2.48. The molecule has 0 aromatic carbocycles. The number of ketones is 1. The normalized spacial score (nSPS) is 44.7. The molecular formula is C23H42O7. The summed E-state index contributed by atoms with van der Waals surface area (Å²) in [6.45, 7) is 13.5. The molecule has 1 aliphatic heterocycles. The van der Waals surface area contributed by atoms with E-state index in [-0.39, 0.29) is 17.6 Å². The SMILES string of the molecule is C[C@@H]1[C@@H](O)[C@H](C)C(=O)[C@H](C)C[C@@H](C)[C@H](O)[C@H](C)[C@@H](O)[C@@H](C)C(=O)O[C@H]1[C@@H](C)[C@H](C)O. The maximum atomic E-state index is 12.9. The predicted molar refractivity (Wildman–Crippen MR) is 113 cm³/mol. The van der Waals surface area contributed by atoms with Crippen LogP contribution in [0.2, 0.25) is 0 Å². The molecule has 0 aliphatic carbocycles. The standard InChI is InChI=1S/C23H42O7/c1-10-9-11(2)19(26)14(5)21(28)16(7)23(29)30-22(12(3)17(8)24)15(6)20(27)13(4)18(10)25/h10-17,19-22,24,26-28H,9H2,1-8H3/t10-,11-,12+,13-,14+,15-,16-,17+,19+,20+,21-,22+/m1/s1. The molecule has 7 nitrogen and oxygen atoms in total. The van der Waals surface area contributed by atoms with Gasteiger partial charge >= 0.3 is 5.97 Å². The minimum atomic E-state index is -1.13. The third-order valence-corrected chi connectivity index (χ3v) is 7.30. The predicted octanol–water partition coefficient (Wildman–Crippen LogP) is 1.79. The summed E-state index contributed by atoms with van der Waals surface area (Å²) in [5, 5.41) is 42.4. The fourth-order valence-electron chi connectivity index (χ4n) is 4.60. The van der Waals surface area contributed by atoms with Crippen LogP contribution < -0.4 is 0 Å². The summed E-state index contributed by atoms with van der Waals surface area (Å²) in [4.78, 5) is 25.8. The van der Waals surface area contributed by atoms with Crippen molar-refractivity contribution >= 4 is 11.8 Å². The first-order valence-electron chi connectivity index (χ1n) is 11.2. The average Bonchev–Trinajstić information content (AvgIpc) is 2.71. The van der Waals surface area contributed by atoms with Crippen LogP contribution in [0.1, 0.15) is 61.8 Å². The molecule has 0 bridgehead atoms. The van der Waals surface area contributed by atoms with Gasteiger partial charge in [0.1, 0.15) is 11.9 Å². The lowest BCUT2D eigenvalue weighted by Gasteiger charge is -2.38. The number of hydrogen-bond donors (Lipinski definition) is 4. The molecule has 4 N–H and O–H groups in total. The van der Waals surface area contributed by atoms with Crippen molar-refractivity contribution < 1.29 is 34.8 Å². The molecule has 176 valence electrons. The first-order chi connectivity index (χ1) is 13.7. The van der Waals surface area contributed by atoms with E-state index in [4.69, 9.17) is 4.74 Å². The largest absolute Gasteiger partial charge is 0.461 e. The molecule has 0 saturated carbocycles. The Kier molecular flexibility index (Phi) is 9.93. The Hall–Kier alpha value is -1.02. The van der Waals surface area contributed by atoms with Crippen LogP contribution in [-0.2, 0) is 14.3 Å². The number of esters is 1. The molecular weight excluding hydrogens is 388 g/mol. The first kappa shape index (κ1) is 27.0. The van der Waals surface area contributed by atoms with Gasteiger partial charge in [-0.3, -0.25) is 9.59 Å². The van der Waals surface area contributed by atoms with Crippen LogP contribution in [-0.4, -0.2) is 62.7 Å². The number of ether oxygens (including phenoxy) is 1. The summed E-state index contributed by atoms with van der Waals surface area (Å²) in [5.74, 6) is -4.70. The summed E-state index contributed by atoms with van der Waals surface area (Å²) in [6, 6.07) is 0. The Balaban J connectivity index is 3.37. The minimum absolute atomic E-state index is 0.123. The fourth-order valence-corrected chi connectivity index (χ4v) is 4.60. The zero-order chi connectivity index (χ0) is 23.5. The second-order valence-electron chi connectivity index (χ2n) is 9.78. The maximum absolute atomic E-state index is 12.9. The van der Waals surface area contributed by atoms with Crippen LogP contribution in [0.5, 0.6) is 0 Å². The molecule has 1 aliphatic rings. The maximum Gasteiger partial charge on any atom is 0.311 e. The van der Waals surface area contributed by atoms with Gasteiger partial charge in [-0.15, -0.1) is 0 Å². The monoisotopic (exact) mass is 430 g/mol. The Morgan fingerprint density at radius 2 is 1.33 bits per heavy atom. The Morgan fingerprint density at radius 3 is 1.83 bits per heavy atom. The van der Waals surface area contributed by atoms with Crippen LogP contribution in [0.3, 0.4) is 0 Å². The number of rotatable bonds is 2. The molecule has 1 saturated heterocycles. The Labute approximate surface area is 180 Å². The van der Waals surface area contributed by atoms with Gasteiger partial charge in [0.15, 0.2) is 0 Å². The van der Waals surface area contributed by atoms with Crippen LogP contribution in [0.4, 0.5) is 0 Å². The van der Waals surface area contributed by atoms with Gasteiger partial charge in [-0.05, 0) is 26.2 Å². The number of carbonyl (C=O) groups is 2. The summed E-state index contributed by atoms with van der Waals surface area (Å²) in [7, 11) is 0. The van der Waals surface area contributed by atoms with Gasteiger partial charge in [0, 0.05) is 29.6 Å². The summed E-state index contributed by atoms with van der Waals surface area (Å²) >= 11 is 0. The summed E-state index contributed by atoms with van der Waals surface area (Å²) in [5.41, 5.74) is 0. The Morgan fingerprint density at radius 1 is 0.833 bits per heavy atom. The average molecular weight is 431 g/mol. The molecule has 7 heteroatoms. The van der Waals surface area contributed by atoms with E-state index >= 15 is 0 Å². The molecule has 0 unspecified atom stereocenters. The van der Waals surface area contributed by atoms with Gasteiger partial charge in [0.2, 0.25) is 0 Å². The van der Waals surface area contributed by atoms with Crippen molar-refractivity contribution in [2.24, 2.45) is 41.4 Å². The summed E-state index contributed by atoms with van der Waals surface area (Å²) < 4.78 is 5.69. The lowest BCUT2D eigenvalue weighted by molar-refractivity contribution is -0.172. The van der Waals surface area contributed by atoms with E-state index in [1.807, 2.05) is 6.92 Å². The molecule has 0 spiro atoms. The van der Waals surface area contributed by atoms with Crippen LogP contribution >= 0.6 is 0 Å². The molecule has 30 heavy (non-hydrogen) atoms. The van der Waals surface area contributed by atoms with Crippen molar-refractivity contribution in [2.45, 2.75) is 92.3 Å². The number of cyclic esters (lactones) is 1. The van der Waals surface area contributed by atoms with E-state index in [9.17, 15) is 30.0 Å². The number of carbonyl (C=O) groups excluding carboxylic acids is 2. The fraction of sp³-hybridized carbons (Fsp3) is 0.913.